The molecule has 160 valence electrons. The van der Waals surface area contributed by atoms with Gasteiger partial charge >= 0.3 is 6.03 Å². The normalized spacial score (nSPS) is 21.5. The summed E-state index contributed by atoms with van der Waals surface area (Å²) in [6.07, 6.45) is 0.801. The average Bonchev–Trinajstić information content (AvgIpc) is 3.43. The largest absolute Gasteiger partial charge is 0.322 e. The lowest BCUT2D eigenvalue weighted by Crippen LogP contribution is -2.43. The molecule has 3 aliphatic rings. The molecule has 4 amide bonds. The number of benzene rings is 2. The summed E-state index contributed by atoms with van der Waals surface area (Å²) in [4.78, 5) is 37.5. The van der Waals surface area contributed by atoms with Crippen molar-refractivity contribution in [2.24, 2.45) is 0 Å². The molecule has 1 aliphatic heterocycles. The van der Waals surface area contributed by atoms with E-state index in [1.807, 2.05) is 0 Å². The van der Waals surface area contributed by atoms with E-state index in [1.165, 1.54) is 18.2 Å². The van der Waals surface area contributed by atoms with Gasteiger partial charge in [0.2, 0.25) is 15.9 Å². The van der Waals surface area contributed by atoms with Gasteiger partial charge < -0.3 is 5.32 Å². The van der Waals surface area contributed by atoms with E-state index in [0.29, 0.717) is 40.7 Å². The predicted octanol–water partition coefficient (Wildman–Crippen LogP) is 1.35. The van der Waals surface area contributed by atoms with Gasteiger partial charge in [-0.2, -0.15) is 0 Å². The predicted molar refractivity (Wildman–Crippen MR) is 108 cm³/mol. The van der Waals surface area contributed by atoms with Gasteiger partial charge in [-0.05, 0) is 48.6 Å². The van der Waals surface area contributed by atoms with Gasteiger partial charge in [0.25, 0.3) is 5.91 Å². The van der Waals surface area contributed by atoms with Gasteiger partial charge in [0, 0.05) is 11.1 Å². The zero-order valence-corrected chi connectivity index (χ0v) is 17.2. The number of hydrogen-bond donors (Lipinski definition) is 3. The topological polar surface area (TPSA) is 121 Å². The second kappa shape index (κ2) is 6.36. The van der Waals surface area contributed by atoms with E-state index in [-0.39, 0.29) is 12.0 Å². The Morgan fingerprint density at radius 2 is 1.94 bits per heavy atom. The molecule has 2 fully saturated rings. The molecular formula is C21H18FN3O5S. The molecule has 1 spiro atoms. The number of hydrogen-bond acceptors (Lipinski definition) is 5. The molecule has 10 heteroatoms. The summed E-state index contributed by atoms with van der Waals surface area (Å²) in [5.74, 6) is -1.91. The quantitative estimate of drug-likeness (QED) is 0.616. The second-order valence-corrected chi connectivity index (χ2v) is 10.1. The molecule has 1 unspecified atom stereocenters. The van der Waals surface area contributed by atoms with Crippen molar-refractivity contribution < 1.29 is 27.2 Å². The SMILES string of the molecule is Cc1cc(CC(=O)NS(=O)(=O)C2CC2)c2c(c1)C1(NC(=O)NC1=O)c1cc(F)ccc1-2. The zero-order chi connectivity index (χ0) is 22.1. The van der Waals surface area contributed by atoms with Gasteiger partial charge in [-0.15, -0.1) is 0 Å². The molecule has 8 nitrogen and oxygen atoms in total. The number of rotatable bonds is 4. The van der Waals surface area contributed by atoms with Crippen molar-refractivity contribution in [2.75, 3.05) is 0 Å². The number of sulfonamides is 1. The molecule has 2 aromatic rings. The van der Waals surface area contributed by atoms with Crippen LogP contribution in [0.15, 0.2) is 30.3 Å². The Hall–Kier alpha value is -3.27. The third-order valence-corrected chi connectivity index (χ3v) is 7.72. The highest BCUT2D eigenvalue weighted by Crippen LogP contribution is 2.51. The van der Waals surface area contributed by atoms with Crippen LogP contribution in [0.2, 0.25) is 0 Å². The van der Waals surface area contributed by atoms with Crippen LogP contribution in [-0.4, -0.2) is 31.5 Å². The Labute approximate surface area is 177 Å². The van der Waals surface area contributed by atoms with Crippen LogP contribution in [-0.2, 0) is 31.6 Å². The Kier molecular flexibility index (Phi) is 4.04. The van der Waals surface area contributed by atoms with E-state index < -0.39 is 44.5 Å². The molecule has 0 radical (unpaired) electrons. The molecule has 2 aliphatic carbocycles. The number of fused-ring (bicyclic) bond motifs is 5. The molecule has 2 aromatic carbocycles. The average molecular weight is 443 g/mol. The molecule has 1 atom stereocenters. The Morgan fingerprint density at radius 3 is 2.58 bits per heavy atom. The number of amides is 4. The first-order valence-electron chi connectivity index (χ1n) is 9.74. The minimum absolute atomic E-state index is 0.252. The smallest absolute Gasteiger partial charge is 0.316 e. The molecule has 1 heterocycles. The number of halogens is 1. The number of carbonyl (C=O) groups is 3. The molecule has 31 heavy (non-hydrogen) atoms. The maximum atomic E-state index is 14.1. The summed E-state index contributed by atoms with van der Waals surface area (Å²) in [5, 5.41) is 4.30. The lowest BCUT2D eigenvalue weighted by Gasteiger charge is -2.24. The zero-order valence-electron chi connectivity index (χ0n) is 16.4. The van der Waals surface area contributed by atoms with Gasteiger partial charge in [-0.1, -0.05) is 23.8 Å². The van der Waals surface area contributed by atoms with Crippen LogP contribution in [0.4, 0.5) is 9.18 Å². The van der Waals surface area contributed by atoms with Gasteiger partial charge in [0.15, 0.2) is 5.54 Å². The summed E-state index contributed by atoms with van der Waals surface area (Å²) in [7, 11) is -3.71. The van der Waals surface area contributed by atoms with Gasteiger partial charge in [-0.3, -0.25) is 19.6 Å². The Balaban J connectivity index is 1.65. The summed E-state index contributed by atoms with van der Waals surface area (Å²) >= 11 is 0. The lowest BCUT2D eigenvalue weighted by molar-refractivity contribution is -0.122. The first-order valence-corrected chi connectivity index (χ1v) is 11.3. The number of urea groups is 1. The Morgan fingerprint density at radius 1 is 1.19 bits per heavy atom. The molecule has 0 bridgehead atoms. The summed E-state index contributed by atoms with van der Waals surface area (Å²) in [5.41, 5.74) is 1.28. The van der Waals surface area contributed by atoms with Crippen LogP contribution in [0.5, 0.6) is 0 Å². The fraction of sp³-hybridized carbons (Fsp3) is 0.286. The van der Waals surface area contributed by atoms with Crippen LogP contribution < -0.4 is 15.4 Å². The molecular weight excluding hydrogens is 425 g/mol. The third kappa shape index (κ3) is 2.93. The second-order valence-electron chi connectivity index (χ2n) is 8.14. The van der Waals surface area contributed by atoms with Crippen LogP contribution in [0.25, 0.3) is 11.1 Å². The van der Waals surface area contributed by atoms with Crippen molar-refractivity contribution in [3.8, 4) is 11.1 Å². The molecule has 3 N–H and O–H groups in total. The number of imide groups is 1. The maximum absolute atomic E-state index is 14.1. The van der Waals surface area contributed by atoms with Crippen molar-refractivity contribution in [3.63, 3.8) is 0 Å². The van der Waals surface area contributed by atoms with Crippen molar-refractivity contribution in [3.05, 3.63) is 58.4 Å². The van der Waals surface area contributed by atoms with Crippen LogP contribution in [0, 0.1) is 12.7 Å². The molecule has 0 aromatic heterocycles. The van der Waals surface area contributed by atoms with Gasteiger partial charge in [0.05, 0.1) is 11.7 Å². The fourth-order valence-corrected chi connectivity index (χ4v) is 5.78. The Bertz CT molecular complexity index is 1300. The van der Waals surface area contributed by atoms with E-state index in [1.54, 1.807) is 19.1 Å². The van der Waals surface area contributed by atoms with E-state index in [0.717, 1.165) is 0 Å². The van der Waals surface area contributed by atoms with Crippen LogP contribution in [0.3, 0.4) is 0 Å². The summed E-state index contributed by atoms with van der Waals surface area (Å²) in [6, 6.07) is 6.65. The van der Waals surface area contributed by atoms with Crippen molar-refractivity contribution in [1.29, 1.82) is 0 Å². The first-order chi connectivity index (χ1) is 14.6. The van der Waals surface area contributed by atoms with Gasteiger partial charge in [-0.25, -0.2) is 17.6 Å². The van der Waals surface area contributed by atoms with E-state index in [9.17, 15) is 27.2 Å². The van der Waals surface area contributed by atoms with E-state index in [2.05, 4.69) is 15.4 Å². The summed E-state index contributed by atoms with van der Waals surface area (Å²) in [6.45, 7) is 1.76. The minimum atomic E-state index is -3.71. The maximum Gasteiger partial charge on any atom is 0.322 e. The fourth-order valence-electron chi connectivity index (χ4n) is 4.47. The van der Waals surface area contributed by atoms with Crippen molar-refractivity contribution >= 4 is 27.9 Å². The molecule has 1 saturated carbocycles. The molecule has 5 rings (SSSR count). The number of nitrogens with one attached hydrogen (secondary N) is 3. The number of aryl methyl sites for hydroxylation is 1. The standard InChI is InChI=1S/C21H18FN3O5S/c1-10-6-11(8-17(26)25-31(29,30)13-3-4-13)18-14-5-2-12(22)9-15(14)21(16(18)7-10)19(27)23-20(28)24-21/h2,5-7,9,13H,3-4,8H2,1H3,(H,25,26)(H2,23,24,27,28). The van der Waals surface area contributed by atoms with Crippen LogP contribution in [0.1, 0.15) is 35.1 Å². The highest BCUT2D eigenvalue weighted by molar-refractivity contribution is 7.90. The van der Waals surface area contributed by atoms with E-state index >= 15 is 0 Å². The lowest BCUT2D eigenvalue weighted by atomic mass is 9.86. The molecule has 1 saturated heterocycles. The van der Waals surface area contributed by atoms with Crippen molar-refractivity contribution in [1.82, 2.24) is 15.4 Å². The first kappa shape index (κ1) is 19.7. The minimum Gasteiger partial charge on any atom is -0.316 e. The van der Waals surface area contributed by atoms with E-state index in [4.69, 9.17) is 0 Å². The highest BCUT2D eigenvalue weighted by Gasteiger charge is 2.55. The summed E-state index contributed by atoms with van der Waals surface area (Å²) < 4.78 is 40.5. The van der Waals surface area contributed by atoms with Gasteiger partial charge in [0.1, 0.15) is 5.82 Å². The third-order valence-electron chi connectivity index (χ3n) is 5.86. The number of carbonyl (C=O) groups excluding carboxylic acids is 3. The monoisotopic (exact) mass is 443 g/mol. The van der Waals surface area contributed by atoms with Crippen LogP contribution >= 0.6 is 0 Å². The van der Waals surface area contributed by atoms with Crippen molar-refractivity contribution in [2.45, 2.75) is 37.0 Å². The highest BCUT2D eigenvalue weighted by atomic mass is 32.2.